The summed E-state index contributed by atoms with van der Waals surface area (Å²) < 4.78 is 14.4. The monoisotopic (exact) mass is 276 g/mol. The number of carbonyl (C=O) groups excluding carboxylic acids is 1. The molecule has 1 amide bonds. The van der Waals surface area contributed by atoms with Crippen LogP contribution in [0.25, 0.3) is 0 Å². The summed E-state index contributed by atoms with van der Waals surface area (Å²) in [6.07, 6.45) is 1.46. The zero-order valence-electron chi connectivity index (χ0n) is 11.4. The fraction of sp³-hybridized carbons (Fsp3) is 0.286. The van der Waals surface area contributed by atoms with Gasteiger partial charge in [-0.3, -0.25) is 9.48 Å². The topological polar surface area (TPSA) is 72.9 Å². The van der Waals surface area contributed by atoms with E-state index >= 15 is 0 Å². The van der Waals surface area contributed by atoms with Gasteiger partial charge in [-0.15, -0.1) is 0 Å². The van der Waals surface area contributed by atoms with Gasteiger partial charge in [0.15, 0.2) is 0 Å². The lowest BCUT2D eigenvalue weighted by Crippen LogP contribution is -2.29. The molecule has 3 N–H and O–H groups in total. The second kappa shape index (κ2) is 5.73. The van der Waals surface area contributed by atoms with Gasteiger partial charge in [-0.2, -0.15) is 5.10 Å². The van der Waals surface area contributed by atoms with Gasteiger partial charge in [0.25, 0.3) is 5.91 Å². The van der Waals surface area contributed by atoms with Gasteiger partial charge in [0.2, 0.25) is 0 Å². The third-order valence-electron chi connectivity index (χ3n) is 3.10. The molecule has 1 unspecified atom stereocenters. The summed E-state index contributed by atoms with van der Waals surface area (Å²) >= 11 is 0. The lowest BCUT2D eigenvalue weighted by atomic mass is 10.1. The van der Waals surface area contributed by atoms with Gasteiger partial charge in [0, 0.05) is 6.54 Å². The van der Waals surface area contributed by atoms with Crippen molar-refractivity contribution in [1.82, 2.24) is 15.1 Å². The maximum Gasteiger partial charge on any atom is 0.272 e. The van der Waals surface area contributed by atoms with Crippen LogP contribution in [0.1, 0.15) is 35.9 Å². The predicted molar refractivity (Wildman–Crippen MR) is 74.6 cm³/mol. The Labute approximate surface area is 116 Å². The minimum Gasteiger partial charge on any atom is -0.396 e. The molecule has 1 aromatic heterocycles. The van der Waals surface area contributed by atoms with Crippen LogP contribution >= 0.6 is 0 Å². The molecule has 0 spiro atoms. The number of aromatic nitrogens is 2. The van der Waals surface area contributed by atoms with E-state index in [9.17, 15) is 9.18 Å². The maximum absolute atomic E-state index is 12.9. The number of anilines is 1. The van der Waals surface area contributed by atoms with Crippen molar-refractivity contribution in [2.24, 2.45) is 0 Å². The van der Waals surface area contributed by atoms with Crippen LogP contribution in [0.3, 0.4) is 0 Å². The van der Waals surface area contributed by atoms with E-state index in [1.54, 1.807) is 16.8 Å². The minimum absolute atomic E-state index is 0.247. The molecule has 0 saturated heterocycles. The lowest BCUT2D eigenvalue weighted by Gasteiger charge is -2.15. The Hall–Kier alpha value is -2.37. The Morgan fingerprint density at radius 3 is 2.70 bits per heavy atom. The van der Waals surface area contributed by atoms with Gasteiger partial charge in [0.1, 0.15) is 11.5 Å². The number of nitrogens with one attached hydrogen (secondary N) is 1. The molecule has 0 aliphatic heterocycles. The van der Waals surface area contributed by atoms with Gasteiger partial charge < -0.3 is 11.1 Å². The minimum atomic E-state index is -0.305. The second-order valence-electron chi connectivity index (χ2n) is 4.51. The molecule has 1 atom stereocenters. The van der Waals surface area contributed by atoms with Crippen LogP contribution < -0.4 is 11.1 Å². The van der Waals surface area contributed by atoms with Crippen LogP contribution in [0, 0.1) is 5.82 Å². The molecule has 0 saturated carbocycles. The average molecular weight is 276 g/mol. The van der Waals surface area contributed by atoms with E-state index in [0.29, 0.717) is 17.9 Å². The van der Waals surface area contributed by atoms with Crippen molar-refractivity contribution in [3.8, 4) is 0 Å². The number of benzene rings is 1. The van der Waals surface area contributed by atoms with Gasteiger partial charge in [0.05, 0.1) is 17.9 Å². The van der Waals surface area contributed by atoms with E-state index in [0.717, 1.165) is 5.56 Å². The first-order chi connectivity index (χ1) is 9.52. The second-order valence-corrected chi connectivity index (χ2v) is 4.51. The third kappa shape index (κ3) is 2.79. The first-order valence-corrected chi connectivity index (χ1v) is 6.40. The summed E-state index contributed by atoms with van der Waals surface area (Å²) in [6.45, 7) is 4.27. The summed E-state index contributed by atoms with van der Waals surface area (Å²) in [5.74, 6) is -0.598. The average Bonchev–Trinajstić information content (AvgIpc) is 2.80. The van der Waals surface area contributed by atoms with Crippen molar-refractivity contribution in [2.75, 3.05) is 5.73 Å². The smallest absolute Gasteiger partial charge is 0.272 e. The van der Waals surface area contributed by atoms with Crippen LogP contribution in [0.4, 0.5) is 10.1 Å². The summed E-state index contributed by atoms with van der Waals surface area (Å²) in [5.41, 5.74) is 7.27. The highest BCUT2D eigenvalue weighted by Gasteiger charge is 2.18. The number of rotatable bonds is 4. The van der Waals surface area contributed by atoms with Gasteiger partial charge in [-0.25, -0.2) is 4.39 Å². The zero-order chi connectivity index (χ0) is 14.7. The van der Waals surface area contributed by atoms with E-state index in [4.69, 9.17) is 5.73 Å². The number of halogens is 1. The normalized spacial score (nSPS) is 12.2. The zero-order valence-corrected chi connectivity index (χ0v) is 11.4. The highest BCUT2D eigenvalue weighted by Crippen LogP contribution is 2.16. The molecule has 1 aromatic carbocycles. The predicted octanol–water partition coefficient (Wildman–Crippen LogP) is 2.12. The van der Waals surface area contributed by atoms with Crippen molar-refractivity contribution < 1.29 is 9.18 Å². The highest BCUT2D eigenvalue weighted by atomic mass is 19.1. The summed E-state index contributed by atoms with van der Waals surface area (Å²) in [6, 6.07) is 5.76. The molecule has 6 heteroatoms. The number of nitrogens with two attached hydrogens (primary N) is 1. The molecule has 0 aliphatic carbocycles. The van der Waals surface area contributed by atoms with Crippen LogP contribution in [0.2, 0.25) is 0 Å². The van der Waals surface area contributed by atoms with Crippen LogP contribution in [-0.2, 0) is 6.54 Å². The van der Waals surface area contributed by atoms with Crippen molar-refractivity contribution in [2.45, 2.75) is 26.4 Å². The van der Waals surface area contributed by atoms with Crippen LogP contribution in [0.15, 0.2) is 30.5 Å². The number of nitrogen functional groups attached to an aromatic ring is 1. The van der Waals surface area contributed by atoms with Crippen LogP contribution in [0.5, 0.6) is 0 Å². The van der Waals surface area contributed by atoms with E-state index in [2.05, 4.69) is 10.4 Å². The van der Waals surface area contributed by atoms with Crippen molar-refractivity contribution >= 4 is 11.6 Å². The fourth-order valence-corrected chi connectivity index (χ4v) is 1.99. The number of amides is 1. The van der Waals surface area contributed by atoms with E-state index in [1.807, 2.05) is 13.8 Å². The Kier molecular flexibility index (Phi) is 4.02. The Morgan fingerprint density at radius 1 is 1.45 bits per heavy atom. The quantitative estimate of drug-likeness (QED) is 0.898. The Morgan fingerprint density at radius 2 is 2.10 bits per heavy atom. The van der Waals surface area contributed by atoms with Crippen molar-refractivity contribution in [3.05, 3.63) is 47.5 Å². The molecule has 5 nitrogen and oxygen atoms in total. The number of nitrogens with zero attached hydrogens (tertiary/aromatic N) is 2. The molecule has 106 valence electrons. The number of hydrogen-bond acceptors (Lipinski definition) is 3. The molecule has 20 heavy (non-hydrogen) atoms. The molecular weight excluding hydrogens is 259 g/mol. The third-order valence-corrected chi connectivity index (χ3v) is 3.10. The molecule has 0 bridgehead atoms. The summed E-state index contributed by atoms with van der Waals surface area (Å²) in [7, 11) is 0. The fourth-order valence-electron chi connectivity index (χ4n) is 1.99. The summed E-state index contributed by atoms with van der Waals surface area (Å²) in [4.78, 5) is 12.2. The molecule has 0 aliphatic rings. The van der Waals surface area contributed by atoms with E-state index < -0.39 is 0 Å². The molecule has 2 rings (SSSR count). The van der Waals surface area contributed by atoms with Gasteiger partial charge >= 0.3 is 0 Å². The standard InChI is InChI=1S/C14H17FN4O/c1-3-19-13(12(16)8-17-19)14(20)18-9(2)10-4-6-11(15)7-5-10/h4-9H,3,16H2,1-2H3,(H,18,20). The molecule has 2 aromatic rings. The van der Waals surface area contributed by atoms with Gasteiger partial charge in [-0.05, 0) is 31.5 Å². The van der Waals surface area contributed by atoms with Crippen LogP contribution in [-0.4, -0.2) is 15.7 Å². The number of carbonyl (C=O) groups is 1. The molecule has 1 heterocycles. The maximum atomic E-state index is 12.9. The lowest BCUT2D eigenvalue weighted by molar-refractivity contribution is 0.0930. The number of aryl methyl sites for hydroxylation is 1. The number of hydrogen-bond donors (Lipinski definition) is 2. The van der Waals surface area contributed by atoms with Gasteiger partial charge in [-0.1, -0.05) is 12.1 Å². The van der Waals surface area contributed by atoms with E-state index in [-0.39, 0.29) is 17.8 Å². The first kappa shape index (κ1) is 14.0. The highest BCUT2D eigenvalue weighted by molar-refractivity contribution is 5.97. The molecule has 0 radical (unpaired) electrons. The Bertz CT molecular complexity index is 606. The van der Waals surface area contributed by atoms with E-state index in [1.165, 1.54) is 18.3 Å². The summed E-state index contributed by atoms with van der Waals surface area (Å²) in [5, 5.41) is 6.86. The molecular formula is C14H17FN4O. The van der Waals surface area contributed by atoms with Crippen molar-refractivity contribution in [3.63, 3.8) is 0 Å². The first-order valence-electron chi connectivity index (χ1n) is 6.40. The largest absolute Gasteiger partial charge is 0.396 e. The Balaban J connectivity index is 2.15. The SMILES string of the molecule is CCn1ncc(N)c1C(=O)NC(C)c1ccc(F)cc1. The van der Waals surface area contributed by atoms with Crippen molar-refractivity contribution in [1.29, 1.82) is 0 Å². The molecule has 0 fully saturated rings.